The summed E-state index contributed by atoms with van der Waals surface area (Å²) in [7, 11) is -4.17. The van der Waals surface area contributed by atoms with E-state index in [1.165, 1.54) is 4.90 Å². The highest BCUT2D eigenvalue weighted by molar-refractivity contribution is 7.92. The van der Waals surface area contributed by atoms with Gasteiger partial charge in [-0.2, -0.15) is 0 Å². The van der Waals surface area contributed by atoms with Gasteiger partial charge in [0.25, 0.3) is 10.0 Å². The van der Waals surface area contributed by atoms with Crippen molar-refractivity contribution in [2.45, 2.75) is 71.0 Å². The molecule has 0 saturated heterocycles. The molecule has 46 heavy (non-hydrogen) atoms. The average Bonchev–Trinajstić information content (AvgIpc) is 3.04. The first-order valence-electron chi connectivity index (χ1n) is 15.4. The van der Waals surface area contributed by atoms with Crippen molar-refractivity contribution >= 4 is 39.1 Å². The Hall–Kier alpha value is -4.14. The number of carbonyl (C=O) groups excluding carboxylic acids is 2. The third-order valence-corrected chi connectivity index (χ3v) is 10.2. The Balaban J connectivity index is 1.82. The average molecular weight is 660 g/mol. The van der Waals surface area contributed by atoms with Crippen LogP contribution in [0.5, 0.6) is 0 Å². The Morgan fingerprint density at radius 1 is 0.826 bits per heavy atom. The number of rotatable bonds is 13. The zero-order valence-electron chi connectivity index (χ0n) is 27.0. The quantitative estimate of drug-likeness (QED) is 0.167. The number of amides is 2. The van der Waals surface area contributed by atoms with Crippen molar-refractivity contribution < 1.29 is 18.0 Å². The number of benzene rings is 4. The molecule has 0 aliphatic carbocycles. The zero-order valence-corrected chi connectivity index (χ0v) is 28.6. The van der Waals surface area contributed by atoms with Gasteiger partial charge in [-0.05, 0) is 92.8 Å². The van der Waals surface area contributed by atoms with Gasteiger partial charge in [-0.3, -0.25) is 13.9 Å². The molecule has 0 heterocycles. The van der Waals surface area contributed by atoms with Gasteiger partial charge in [-0.15, -0.1) is 0 Å². The lowest BCUT2D eigenvalue weighted by atomic mass is 10.0. The molecule has 2 atom stereocenters. The first-order valence-corrected chi connectivity index (χ1v) is 17.3. The Bertz CT molecular complexity index is 1740. The Morgan fingerprint density at radius 2 is 1.48 bits per heavy atom. The molecule has 0 saturated carbocycles. The van der Waals surface area contributed by atoms with Crippen LogP contribution >= 0.6 is 11.6 Å². The van der Waals surface area contributed by atoms with Crippen molar-refractivity contribution in [3.63, 3.8) is 0 Å². The topological polar surface area (TPSA) is 86.8 Å². The molecule has 2 amide bonds. The molecule has 0 aromatic heterocycles. The predicted molar refractivity (Wildman–Crippen MR) is 185 cm³/mol. The molecule has 1 N–H and O–H groups in total. The summed E-state index contributed by atoms with van der Waals surface area (Å²) in [4.78, 5) is 30.1. The maximum atomic E-state index is 14.6. The van der Waals surface area contributed by atoms with Crippen LogP contribution < -0.4 is 9.62 Å². The van der Waals surface area contributed by atoms with Gasteiger partial charge >= 0.3 is 0 Å². The van der Waals surface area contributed by atoms with Gasteiger partial charge in [0.2, 0.25) is 11.8 Å². The van der Waals surface area contributed by atoms with E-state index in [1.54, 1.807) is 60.7 Å². The summed E-state index contributed by atoms with van der Waals surface area (Å²) >= 11 is 6.16. The van der Waals surface area contributed by atoms with Crippen molar-refractivity contribution in [3.05, 3.63) is 130 Å². The Kier molecular flexibility index (Phi) is 11.7. The van der Waals surface area contributed by atoms with Crippen LogP contribution in [0.25, 0.3) is 0 Å². The summed E-state index contributed by atoms with van der Waals surface area (Å²) in [5.74, 6) is -0.816. The summed E-state index contributed by atoms with van der Waals surface area (Å²) in [6.45, 7) is 9.19. The normalized spacial score (nSPS) is 12.7. The van der Waals surface area contributed by atoms with Crippen LogP contribution in [0.1, 0.15) is 48.1 Å². The minimum Gasteiger partial charge on any atom is -0.352 e. The van der Waals surface area contributed by atoms with E-state index >= 15 is 0 Å². The van der Waals surface area contributed by atoms with E-state index in [4.69, 9.17) is 11.6 Å². The van der Waals surface area contributed by atoms with Crippen molar-refractivity contribution in [1.29, 1.82) is 0 Å². The number of halogens is 1. The molecular weight excluding hydrogens is 618 g/mol. The molecular formula is C37H42ClN3O4S. The first-order chi connectivity index (χ1) is 21.9. The van der Waals surface area contributed by atoms with Crippen molar-refractivity contribution in [1.82, 2.24) is 10.2 Å². The largest absolute Gasteiger partial charge is 0.352 e. The molecule has 0 aliphatic rings. The number of sulfonamides is 1. The molecule has 0 aliphatic heterocycles. The predicted octanol–water partition coefficient (Wildman–Crippen LogP) is 7.02. The minimum absolute atomic E-state index is 0.0729. The zero-order chi connectivity index (χ0) is 33.4. The number of anilines is 1. The van der Waals surface area contributed by atoms with Gasteiger partial charge in [0.1, 0.15) is 12.6 Å². The van der Waals surface area contributed by atoms with Crippen LogP contribution in [-0.4, -0.2) is 43.8 Å². The fourth-order valence-corrected chi connectivity index (χ4v) is 6.56. The van der Waals surface area contributed by atoms with E-state index in [-0.39, 0.29) is 29.8 Å². The highest BCUT2D eigenvalue weighted by Crippen LogP contribution is 2.27. The second kappa shape index (κ2) is 15.4. The summed E-state index contributed by atoms with van der Waals surface area (Å²) in [5, 5.41) is 3.60. The summed E-state index contributed by atoms with van der Waals surface area (Å²) in [6.07, 6.45) is 0.959. The van der Waals surface area contributed by atoms with E-state index in [1.807, 2.05) is 71.0 Å². The molecule has 0 spiro atoms. The van der Waals surface area contributed by atoms with E-state index in [9.17, 15) is 18.0 Å². The van der Waals surface area contributed by atoms with Crippen LogP contribution in [0.4, 0.5) is 5.69 Å². The van der Waals surface area contributed by atoms with E-state index in [0.29, 0.717) is 17.1 Å². The monoisotopic (exact) mass is 659 g/mol. The van der Waals surface area contributed by atoms with Gasteiger partial charge in [0.15, 0.2) is 0 Å². The van der Waals surface area contributed by atoms with Gasteiger partial charge in [0.05, 0.1) is 10.6 Å². The van der Waals surface area contributed by atoms with E-state index in [0.717, 1.165) is 32.1 Å². The van der Waals surface area contributed by atoms with Crippen LogP contribution in [-0.2, 0) is 32.6 Å². The number of carbonyl (C=O) groups is 2. The molecule has 7 nitrogen and oxygen atoms in total. The molecule has 4 aromatic rings. The Morgan fingerprint density at radius 3 is 2.09 bits per heavy atom. The van der Waals surface area contributed by atoms with E-state index in [2.05, 4.69) is 5.32 Å². The molecule has 0 fully saturated rings. The fourth-order valence-electron chi connectivity index (χ4n) is 5.03. The van der Waals surface area contributed by atoms with Crippen LogP contribution in [0, 0.1) is 20.8 Å². The number of nitrogens with zero attached hydrogens (tertiary/aromatic N) is 2. The maximum Gasteiger partial charge on any atom is 0.264 e. The van der Waals surface area contributed by atoms with E-state index < -0.39 is 28.5 Å². The number of aryl methyl sites for hydroxylation is 3. The molecule has 242 valence electrons. The lowest BCUT2D eigenvalue weighted by Crippen LogP contribution is -2.54. The SMILES string of the molecule is CC[C@@H](C)NC(=O)[C@H](Cc1ccccc1)N(Cc1ccc(Cl)cc1)C(=O)CN(c1ccc(C)c(C)c1)S(=O)(=O)c1ccc(C)cc1. The lowest BCUT2D eigenvalue weighted by Gasteiger charge is -2.34. The van der Waals surface area contributed by atoms with Crippen molar-refractivity contribution in [3.8, 4) is 0 Å². The molecule has 0 bridgehead atoms. The number of hydrogen-bond donors (Lipinski definition) is 1. The smallest absolute Gasteiger partial charge is 0.264 e. The van der Waals surface area contributed by atoms with Crippen LogP contribution in [0.3, 0.4) is 0 Å². The van der Waals surface area contributed by atoms with Crippen LogP contribution in [0.2, 0.25) is 5.02 Å². The molecule has 0 unspecified atom stereocenters. The number of hydrogen-bond acceptors (Lipinski definition) is 4. The summed E-state index contributed by atoms with van der Waals surface area (Å²) in [6, 6.07) is 27.4. The maximum absolute atomic E-state index is 14.6. The second-order valence-electron chi connectivity index (χ2n) is 11.8. The van der Waals surface area contributed by atoms with Gasteiger partial charge in [-0.1, -0.05) is 84.8 Å². The molecule has 0 radical (unpaired) electrons. The summed E-state index contributed by atoms with van der Waals surface area (Å²) in [5.41, 5.74) is 4.80. The second-order valence-corrected chi connectivity index (χ2v) is 14.1. The molecule has 4 aromatic carbocycles. The third kappa shape index (κ3) is 8.77. The fraction of sp³-hybridized carbons (Fsp3) is 0.297. The van der Waals surface area contributed by atoms with Crippen LogP contribution in [0.15, 0.2) is 102 Å². The lowest BCUT2D eigenvalue weighted by molar-refractivity contribution is -0.140. The minimum atomic E-state index is -4.17. The highest BCUT2D eigenvalue weighted by Gasteiger charge is 2.35. The third-order valence-electron chi connectivity index (χ3n) is 8.20. The summed E-state index contributed by atoms with van der Waals surface area (Å²) < 4.78 is 29.6. The van der Waals surface area contributed by atoms with Gasteiger partial charge in [-0.25, -0.2) is 8.42 Å². The number of nitrogens with one attached hydrogen (secondary N) is 1. The van der Waals surface area contributed by atoms with Crippen molar-refractivity contribution in [2.75, 3.05) is 10.8 Å². The standard InChI is InChI=1S/C37H42ClN3O4S/c1-6-29(5)39-37(43)35(23-30-10-8-7-9-11-30)40(24-31-15-17-32(38)18-16-31)36(42)25-41(33-19-14-27(3)28(4)22-33)46(44,45)34-20-12-26(2)13-21-34/h7-22,29,35H,6,23-25H2,1-5H3,(H,39,43)/t29-,35+/m1/s1. The highest BCUT2D eigenvalue weighted by atomic mass is 35.5. The Labute approximate surface area is 278 Å². The van der Waals surface area contributed by atoms with Gasteiger partial charge < -0.3 is 10.2 Å². The molecule has 4 rings (SSSR count). The van der Waals surface area contributed by atoms with Crippen molar-refractivity contribution in [2.24, 2.45) is 0 Å². The van der Waals surface area contributed by atoms with Gasteiger partial charge in [0, 0.05) is 24.0 Å². The molecule has 9 heteroatoms. The first kappa shape index (κ1) is 34.7.